The van der Waals surface area contributed by atoms with Crippen molar-refractivity contribution in [3.8, 4) is 0 Å². The van der Waals surface area contributed by atoms with E-state index >= 15 is 0 Å². The van der Waals surface area contributed by atoms with Gasteiger partial charge in [-0.2, -0.15) is 17.5 Å². The van der Waals surface area contributed by atoms with Gasteiger partial charge in [0, 0.05) is 38.8 Å². The number of alkyl halides is 3. The van der Waals surface area contributed by atoms with E-state index < -0.39 is 40.6 Å². The number of nitrogens with zero attached hydrogens (tertiary/aromatic N) is 3. The zero-order valence-electron chi connectivity index (χ0n) is 16.1. The van der Waals surface area contributed by atoms with Gasteiger partial charge in [0.05, 0.1) is 25.6 Å². The number of aryl methyl sites for hydroxylation is 1. The van der Waals surface area contributed by atoms with Crippen LogP contribution in [0.25, 0.3) is 0 Å². The molecule has 0 bridgehead atoms. The van der Waals surface area contributed by atoms with Gasteiger partial charge in [-0.3, -0.25) is 0 Å². The Morgan fingerprint density at radius 2 is 1.93 bits per heavy atom. The van der Waals surface area contributed by atoms with Crippen LogP contribution in [0, 0.1) is 5.82 Å². The highest BCUT2D eigenvalue weighted by Crippen LogP contribution is 2.33. The lowest BCUT2D eigenvalue weighted by Gasteiger charge is -2.19. The molecule has 1 N–H and O–H groups in total. The first-order chi connectivity index (χ1) is 14.1. The summed E-state index contributed by atoms with van der Waals surface area (Å²) in [6, 6.07) is 5.64. The van der Waals surface area contributed by atoms with Gasteiger partial charge in [0.2, 0.25) is 0 Å². The molecular formula is C18H22F4N4O3S. The smallest absolute Gasteiger partial charge is 0.375 e. The lowest BCUT2D eigenvalue weighted by Crippen LogP contribution is -2.33. The highest BCUT2D eigenvalue weighted by molar-refractivity contribution is 7.89. The van der Waals surface area contributed by atoms with Crippen molar-refractivity contribution in [2.24, 2.45) is 7.05 Å². The van der Waals surface area contributed by atoms with Crippen molar-refractivity contribution in [3.63, 3.8) is 0 Å². The number of rotatable bonds is 8. The number of benzene rings is 1. The van der Waals surface area contributed by atoms with Crippen molar-refractivity contribution in [3.05, 3.63) is 48.2 Å². The molecule has 2 heterocycles. The molecule has 0 spiro atoms. The van der Waals surface area contributed by atoms with E-state index in [4.69, 9.17) is 4.74 Å². The van der Waals surface area contributed by atoms with Gasteiger partial charge in [0.15, 0.2) is 5.03 Å². The number of ether oxygens (including phenoxy) is 1. The summed E-state index contributed by atoms with van der Waals surface area (Å²) in [6.45, 7) is -1.11. The van der Waals surface area contributed by atoms with Crippen LogP contribution in [0.1, 0.15) is 11.5 Å². The van der Waals surface area contributed by atoms with E-state index in [-0.39, 0.29) is 31.3 Å². The molecule has 12 heteroatoms. The summed E-state index contributed by atoms with van der Waals surface area (Å²) in [5.41, 5.74) is 0.684. The molecule has 1 fully saturated rings. The normalized spacial score (nSPS) is 20.7. The molecule has 1 aromatic carbocycles. The Hall–Kier alpha value is -2.02. The maximum absolute atomic E-state index is 13.3. The molecule has 2 atom stereocenters. The Labute approximate surface area is 171 Å². The molecule has 1 aromatic heterocycles. The van der Waals surface area contributed by atoms with Crippen LogP contribution in [-0.4, -0.2) is 67.3 Å². The topological polar surface area (TPSA) is 76.5 Å². The predicted octanol–water partition coefficient (Wildman–Crippen LogP) is 1.88. The fourth-order valence-corrected chi connectivity index (χ4v) is 4.75. The maximum atomic E-state index is 13.3. The van der Waals surface area contributed by atoms with Crippen LogP contribution in [0.3, 0.4) is 0 Å². The van der Waals surface area contributed by atoms with Gasteiger partial charge in [-0.15, -0.1) is 0 Å². The lowest BCUT2D eigenvalue weighted by atomic mass is 9.96. The van der Waals surface area contributed by atoms with Crippen molar-refractivity contribution in [2.45, 2.75) is 23.2 Å². The van der Waals surface area contributed by atoms with Gasteiger partial charge >= 0.3 is 6.18 Å². The molecule has 2 aromatic rings. The summed E-state index contributed by atoms with van der Waals surface area (Å²) >= 11 is 0. The monoisotopic (exact) mass is 450 g/mol. The van der Waals surface area contributed by atoms with Gasteiger partial charge in [-0.05, 0) is 17.7 Å². The molecule has 3 rings (SSSR count). The minimum atomic E-state index is -4.32. The van der Waals surface area contributed by atoms with E-state index in [0.29, 0.717) is 5.56 Å². The summed E-state index contributed by atoms with van der Waals surface area (Å²) in [6.07, 6.45) is -2.16. The number of halogens is 4. The van der Waals surface area contributed by atoms with Gasteiger partial charge < -0.3 is 14.6 Å². The van der Waals surface area contributed by atoms with E-state index in [2.05, 4.69) is 10.3 Å². The summed E-state index contributed by atoms with van der Waals surface area (Å²) in [5.74, 6) is -0.824. The quantitative estimate of drug-likeness (QED) is 0.491. The Balaban J connectivity index is 1.72. The fourth-order valence-electron chi connectivity index (χ4n) is 3.30. The predicted molar refractivity (Wildman–Crippen MR) is 99.8 cm³/mol. The second-order valence-corrected chi connectivity index (χ2v) is 8.94. The minimum Gasteiger partial charge on any atom is -0.375 e. The van der Waals surface area contributed by atoms with Crippen molar-refractivity contribution in [1.82, 2.24) is 19.2 Å². The first kappa shape index (κ1) is 22.7. The number of aromatic nitrogens is 2. The van der Waals surface area contributed by atoms with Crippen molar-refractivity contribution in [2.75, 3.05) is 32.8 Å². The lowest BCUT2D eigenvalue weighted by molar-refractivity contribution is -0.125. The van der Waals surface area contributed by atoms with Crippen LogP contribution >= 0.6 is 0 Å². The van der Waals surface area contributed by atoms with E-state index in [1.54, 1.807) is 19.2 Å². The standard InChI is InChI=1S/C18H22F4N4O3S/c1-25-10-17(24-12-25)30(27,28)26-8-15(13-2-4-14(19)5-3-13)16(9-26)29-7-6-23-11-18(20,21)22/h2-5,10,12,15-16,23H,6-9,11H2,1H3/t15-,16+/m0/s1. The summed E-state index contributed by atoms with van der Waals surface area (Å²) < 4.78 is 84.3. The Kier molecular flexibility index (Phi) is 6.80. The molecule has 0 amide bonds. The van der Waals surface area contributed by atoms with Crippen LogP contribution < -0.4 is 5.32 Å². The average molecular weight is 450 g/mol. The highest BCUT2D eigenvalue weighted by atomic mass is 32.2. The number of sulfonamides is 1. The van der Waals surface area contributed by atoms with Gasteiger partial charge in [-0.1, -0.05) is 12.1 Å². The molecule has 1 aliphatic rings. The Morgan fingerprint density at radius 3 is 2.53 bits per heavy atom. The number of imidazole rings is 1. The molecule has 0 saturated carbocycles. The number of nitrogens with one attached hydrogen (secondary N) is 1. The van der Waals surface area contributed by atoms with E-state index in [0.717, 1.165) is 0 Å². The first-order valence-corrected chi connectivity index (χ1v) is 10.6. The number of hydrogen-bond acceptors (Lipinski definition) is 5. The second kappa shape index (κ2) is 9.00. The molecule has 1 aliphatic heterocycles. The van der Waals surface area contributed by atoms with Gasteiger partial charge in [0.1, 0.15) is 5.82 Å². The zero-order valence-corrected chi connectivity index (χ0v) is 17.0. The first-order valence-electron chi connectivity index (χ1n) is 9.19. The summed E-state index contributed by atoms with van der Waals surface area (Å²) in [7, 11) is -2.22. The van der Waals surface area contributed by atoms with Crippen LogP contribution in [0.15, 0.2) is 41.8 Å². The molecule has 0 unspecified atom stereocenters. The molecular weight excluding hydrogens is 428 g/mol. The second-order valence-electron chi connectivity index (χ2n) is 7.06. The third-order valence-electron chi connectivity index (χ3n) is 4.75. The van der Waals surface area contributed by atoms with Crippen molar-refractivity contribution < 1.29 is 30.7 Å². The molecule has 30 heavy (non-hydrogen) atoms. The fraction of sp³-hybridized carbons (Fsp3) is 0.500. The molecule has 166 valence electrons. The van der Waals surface area contributed by atoms with Crippen molar-refractivity contribution in [1.29, 1.82) is 0 Å². The molecule has 1 saturated heterocycles. The van der Waals surface area contributed by atoms with Crippen LogP contribution in [0.5, 0.6) is 0 Å². The molecule has 7 nitrogen and oxygen atoms in total. The number of hydrogen-bond donors (Lipinski definition) is 1. The molecule has 0 radical (unpaired) electrons. The largest absolute Gasteiger partial charge is 0.401 e. The Morgan fingerprint density at radius 1 is 1.23 bits per heavy atom. The zero-order chi connectivity index (χ0) is 21.9. The maximum Gasteiger partial charge on any atom is 0.401 e. The van der Waals surface area contributed by atoms with E-state index in [1.165, 1.54) is 33.5 Å². The molecule has 0 aliphatic carbocycles. The third-order valence-corrected chi connectivity index (χ3v) is 6.47. The van der Waals surface area contributed by atoms with Gasteiger partial charge in [-0.25, -0.2) is 17.8 Å². The van der Waals surface area contributed by atoms with Crippen LogP contribution in [0.4, 0.5) is 17.6 Å². The van der Waals surface area contributed by atoms with Gasteiger partial charge in [0.25, 0.3) is 10.0 Å². The highest BCUT2D eigenvalue weighted by Gasteiger charge is 2.41. The van der Waals surface area contributed by atoms with Crippen molar-refractivity contribution >= 4 is 10.0 Å². The van der Waals surface area contributed by atoms with Crippen LogP contribution in [-0.2, 0) is 21.8 Å². The summed E-state index contributed by atoms with van der Waals surface area (Å²) in [5, 5.41) is 2.14. The summed E-state index contributed by atoms with van der Waals surface area (Å²) in [4.78, 5) is 3.90. The minimum absolute atomic E-state index is 0.0141. The SMILES string of the molecule is Cn1cnc(S(=O)(=O)N2C[C@@H](OCCNCC(F)(F)F)[C@H](c3ccc(F)cc3)C2)c1. The Bertz CT molecular complexity index is 947. The third kappa shape index (κ3) is 5.56. The van der Waals surface area contributed by atoms with Crippen LogP contribution in [0.2, 0.25) is 0 Å². The van der Waals surface area contributed by atoms with E-state index in [1.807, 2.05) is 0 Å². The van der Waals surface area contributed by atoms with E-state index in [9.17, 15) is 26.0 Å². The average Bonchev–Trinajstić information content (AvgIpc) is 3.28.